The molecule has 0 aromatic heterocycles. The molecule has 3 aliphatic rings. The fourth-order valence-corrected chi connectivity index (χ4v) is 6.13. The summed E-state index contributed by atoms with van der Waals surface area (Å²) in [7, 11) is 4.15. The molecule has 5 rings (SSSR count). The fourth-order valence-electron chi connectivity index (χ4n) is 6.13. The zero-order chi connectivity index (χ0) is 23.0. The summed E-state index contributed by atoms with van der Waals surface area (Å²) in [6.07, 6.45) is 2.99. The van der Waals surface area contributed by atoms with Crippen molar-refractivity contribution < 1.29 is 10.2 Å². The van der Waals surface area contributed by atoms with Crippen molar-refractivity contribution in [1.29, 1.82) is 0 Å². The molecular formula is C28H34N2O2. The number of benzene rings is 2. The van der Waals surface area contributed by atoms with Gasteiger partial charge in [0.2, 0.25) is 0 Å². The van der Waals surface area contributed by atoms with Crippen molar-refractivity contribution in [3.63, 3.8) is 0 Å². The third-order valence-corrected chi connectivity index (χ3v) is 8.16. The summed E-state index contributed by atoms with van der Waals surface area (Å²) in [4.78, 5) is 4.40. The second kappa shape index (κ2) is 6.97. The molecule has 0 spiro atoms. The van der Waals surface area contributed by atoms with E-state index in [1.54, 1.807) is 0 Å². The quantitative estimate of drug-likeness (QED) is 0.732. The minimum atomic E-state index is -0.606. The molecule has 0 radical (unpaired) electrons. The van der Waals surface area contributed by atoms with E-state index < -0.39 is 12.2 Å². The maximum absolute atomic E-state index is 11.1. The highest BCUT2D eigenvalue weighted by atomic mass is 16.3. The summed E-state index contributed by atoms with van der Waals surface area (Å²) >= 11 is 0. The molecule has 2 heterocycles. The number of hydrogen-bond acceptors (Lipinski definition) is 4. The first-order valence-electron chi connectivity index (χ1n) is 11.5. The smallest absolute Gasteiger partial charge is 0.0716 e. The van der Waals surface area contributed by atoms with Gasteiger partial charge in [0.15, 0.2) is 0 Å². The van der Waals surface area contributed by atoms with Crippen LogP contribution >= 0.6 is 0 Å². The molecule has 168 valence electrons. The predicted octanol–water partition coefficient (Wildman–Crippen LogP) is 4.58. The number of fused-ring (bicyclic) bond motifs is 2. The van der Waals surface area contributed by atoms with E-state index >= 15 is 0 Å². The molecule has 0 atom stereocenters. The van der Waals surface area contributed by atoms with Gasteiger partial charge in [-0.25, -0.2) is 0 Å². The minimum absolute atomic E-state index is 0.163. The Morgan fingerprint density at radius 3 is 1.34 bits per heavy atom. The highest BCUT2D eigenvalue weighted by Crippen LogP contribution is 2.51. The summed E-state index contributed by atoms with van der Waals surface area (Å²) in [6, 6.07) is 16.9. The second-order valence-corrected chi connectivity index (χ2v) is 10.6. The monoisotopic (exact) mass is 430 g/mol. The highest BCUT2D eigenvalue weighted by molar-refractivity contribution is 5.71. The highest BCUT2D eigenvalue weighted by Gasteiger charge is 2.50. The van der Waals surface area contributed by atoms with Crippen LogP contribution < -0.4 is 9.80 Å². The number of aliphatic hydroxyl groups excluding tert-OH is 2. The van der Waals surface area contributed by atoms with Crippen LogP contribution in [-0.2, 0) is 10.8 Å². The van der Waals surface area contributed by atoms with E-state index in [9.17, 15) is 10.2 Å². The topological polar surface area (TPSA) is 46.9 Å². The molecular weight excluding hydrogens is 396 g/mol. The molecule has 4 nitrogen and oxygen atoms in total. The van der Waals surface area contributed by atoms with Crippen LogP contribution in [-0.4, -0.2) is 36.5 Å². The lowest BCUT2D eigenvalue weighted by Crippen LogP contribution is -2.54. The zero-order valence-electron chi connectivity index (χ0n) is 19.9. The summed E-state index contributed by atoms with van der Waals surface area (Å²) < 4.78 is 0. The third-order valence-electron chi connectivity index (χ3n) is 8.16. The van der Waals surface area contributed by atoms with E-state index in [4.69, 9.17) is 0 Å². The van der Waals surface area contributed by atoms with Gasteiger partial charge in [0, 0.05) is 59.5 Å². The minimum Gasteiger partial charge on any atom is -0.392 e. The van der Waals surface area contributed by atoms with Gasteiger partial charge in [-0.3, -0.25) is 0 Å². The van der Waals surface area contributed by atoms with Gasteiger partial charge < -0.3 is 20.0 Å². The van der Waals surface area contributed by atoms with Crippen LogP contribution in [0.4, 0.5) is 11.4 Å². The van der Waals surface area contributed by atoms with Gasteiger partial charge in [-0.2, -0.15) is 0 Å². The number of allylic oxidation sites excluding steroid dienone is 2. The van der Waals surface area contributed by atoms with Crippen molar-refractivity contribution in [3.05, 3.63) is 83.2 Å². The summed E-state index contributed by atoms with van der Waals surface area (Å²) in [5.74, 6) is -0.555. The molecule has 1 saturated carbocycles. The molecule has 1 aliphatic carbocycles. The van der Waals surface area contributed by atoms with Gasteiger partial charge in [0.05, 0.1) is 12.2 Å². The van der Waals surface area contributed by atoms with Gasteiger partial charge in [0.25, 0.3) is 0 Å². The third kappa shape index (κ3) is 2.76. The zero-order valence-corrected chi connectivity index (χ0v) is 19.9. The van der Waals surface area contributed by atoms with Gasteiger partial charge in [0.1, 0.15) is 0 Å². The average Bonchev–Trinajstić information content (AvgIpc) is 3.09. The summed E-state index contributed by atoms with van der Waals surface area (Å²) in [5.41, 5.74) is 6.89. The predicted molar refractivity (Wildman–Crippen MR) is 131 cm³/mol. The normalized spacial score (nSPS) is 32.2. The molecule has 2 N–H and O–H groups in total. The molecule has 4 heteroatoms. The van der Waals surface area contributed by atoms with Crippen LogP contribution in [0, 0.1) is 11.8 Å². The lowest BCUT2D eigenvalue weighted by atomic mass is 9.66. The van der Waals surface area contributed by atoms with Crippen LogP contribution in [0.3, 0.4) is 0 Å². The standard InChI is InChI=1S/C28H34N2O2/c1-27(2)19-11-7-9-13-21(19)29(5)23(27)15-17-25(31)18(26(17)32)16-24-28(3,4)20-12-8-10-14-22(20)30(24)6/h7-18,25-26,31-32H,1-6H3. The van der Waals surface area contributed by atoms with Crippen LogP contribution in [0.5, 0.6) is 0 Å². The molecule has 32 heavy (non-hydrogen) atoms. The Morgan fingerprint density at radius 2 is 1.00 bits per heavy atom. The first kappa shape index (κ1) is 21.3. The molecule has 0 amide bonds. The Labute approximate surface area is 191 Å². The number of anilines is 2. The summed E-state index contributed by atoms with van der Waals surface area (Å²) in [6.45, 7) is 8.85. The molecule has 2 aromatic rings. The molecule has 0 unspecified atom stereocenters. The molecule has 2 aliphatic heterocycles. The largest absolute Gasteiger partial charge is 0.392 e. The van der Waals surface area contributed by atoms with Crippen molar-refractivity contribution in [1.82, 2.24) is 0 Å². The first-order chi connectivity index (χ1) is 15.1. The van der Waals surface area contributed by atoms with Crippen LogP contribution in [0.15, 0.2) is 72.1 Å². The Morgan fingerprint density at radius 1 is 0.656 bits per heavy atom. The SMILES string of the molecule is CN1C(=CC2C(O)C(C=C3N(C)c4ccccc4C3(C)C)C2O)C(C)(C)c2ccccc21. The van der Waals surface area contributed by atoms with Gasteiger partial charge >= 0.3 is 0 Å². The van der Waals surface area contributed by atoms with Crippen LogP contribution in [0.25, 0.3) is 0 Å². The number of rotatable bonds is 2. The van der Waals surface area contributed by atoms with E-state index in [0.717, 1.165) is 11.4 Å². The number of nitrogens with zero attached hydrogens (tertiary/aromatic N) is 2. The second-order valence-electron chi connectivity index (χ2n) is 10.6. The van der Waals surface area contributed by atoms with Gasteiger partial charge in [-0.15, -0.1) is 0 Å². The molecule has 1 fully saturated rings. The average molecular weight is 431 g/mol. The van der Waals surface area contributed by atoms with Crippen LogP contribution in [0.2, 0.25) is 0 Å². The fraction of sp³-hybridized carbons (Fsp3) is 0.429. The van der Waals surface area contributed by atoms with E-state index in [1.807, 2.05) is 0 Å². The molecule has 2 aromatic carbocycles. The van der Waals surface area contributed by atoms with E-state index in [2.05, 4.69) is 112 Å². The Balaban J connectivity index is 1.43. The van der Waals surface area contributed by atoms with Crippen LogP contribution in [0.1, 0.15) is 38.8 Å². The van der Waals surface area contributed by atoms with Crippen molar-refractivity contribution >= 4 is 11.4 Å². The van der Waals surface area contributed by atoms with E-state index in [-0.39, 0.29) is 22.7 Å². The number of para-hydroxylation sites is 2. The number of aliphatic hydroxyl groups is 2. The summed E-state index contributed by atoms with van der Waals surface area (Å²) in [5, 5.41) is 22.2. The number of likely N-dealkylation sites (N-methyl/N-ethyl adjacent to an activating group) is 2. The lowest BCUT2D eigenvalue weighted by Gasteiger charge is -2.45. The van der Waals surface area contributed by atoms with Crippen molar-refractivity contribution in [2.24, 2.45) is 11.8 Å². The maximum atomic E-state index is 11.1. The Kier molecular flexibility index (Phi) is 4.64. The Bertz CT molecular complexity index is 1030. The molecule has 0 bridgehead atoms. The Hall–Kier alpha value is -2.56. The number of hydrogen-bond donors (Lipinski definition) is 2. The van der Waals surface area contributed by atoms with E-state index in [1.165, 1.54) is 22.5 Å². The lowest BCUT2D eigenvalue weighted by molar-refractivity contribution is -0.111. The van der Waals surface area contributed by atoms with Gasteiger partial charge in [-0.05, 0) is 23.3 Å². The van der Waals surface area contributed by atoms with Crippen molar-refractivity contribution in [3.8, 4) is 0 Å². The molecule has 0 saturated heterocycles. The first-order valence-corrected chi connectivity index (χ1v) is 11.5. The maximum Gasteiger partial charge on any atom is 0.0716 e. The van der Waals surface area contributed by atoms with Gasteiger partial charge in [-0.1, -0.05) is 76.2 Å². The van der Waals surface area contributed by atoms with Crippen molar-refractivity contribution in [2.75, 3.05) is 23.9 Å². The van der Waals surface area contributed by atoms with E-state index in [0.29, 0.717) is 0 Å². The van der Waals surface area contributed by atoms with Crippen molar-refractivity contribution in [2.45, 2.75) is 50.7 Å².